The van der Waals surface area contributed by atoms with Gasteiger partial charge in [-0.25, -0.2) is 9.97 Å². The van der Waals surface area contributed by atoms with Crippen LogP contribution >= 0.6 is 0 Å². The molecule has 2 fully saturated rings. The number of hydrogen-bond acceptors (Lipinski definition) is 5. The first kappa shape index (κ1) is 16.8. The standard InChI is InChI=1S/C20H25N5O/c1-16-4-6-17(7-5-16)20(26)25-12-10-24(11-13-25)19-14-18(21-15-22-19)23-8-2-3-9-23/h4-7,14-15H,2-3,8-13H2,1H3. The number of nitrogens with zero attached hydrogens (tertiary/aromatic N) is 5. The molecule has 0 N–H and O–H groups in total. The molecule has 1 amide bonds. The van der Waals surface area contributed by atoms with Gasteiger partial charge in [-0.15, -0.1) is 0 Å². The van der Waals surface area contributed by atoms with Crippen molar-refractivity contribution in [2.45, 2.75) is 19.8 Å². The fraction of sp³-hybridized carbons (Fsp3) is 0.450. The molecule has 0 unspecified atom stereocenters. The second-order valence-corrected chi connectivity index (χ2v) is 7.07. The summed E-state index contributed by atoms with van der Waals surface area (Å²) in [6, 6.07) is 9.89. The zero-order chi connectivity index (χ0) is 17.9. The number of benzene rings is 1. The average molecular weight is 351 g/mol. The second-order valence-electron chi connectivity index (χ2n) is 7.07. The van der Waals surface area contributed by atoms with Crippen LogP contribution in [0.2, 0.25) is 0 Å². The summed E-state index contributed by atoms with van der Waals surface area (Å²) in [5.74, 6) is 2.10. The zero-order valence-corrected chi connectivity index (χ0v) is 15.3. The molecule has 4 rings (SSSR count). The summed E-state index contributed by atoms with van der Waals surface area (Å²) in [6.45, 7) is 7.23. The molecular weight excluding hydrogens is 326 g/mol. The van der Waals surface area contributed by atoms with Crippen LogP contribution in [0, 0.1) is 6.92 Å². The lowest BCUT2D eigenvalue weighted by atomic mass is 10.1. The quantitative estimate of drug-likeness (QED) is 0.850. The third kappa shape index (κ3) is 3.49. The van der Waals surface area contributed by atoms with Crippen LogP contribution in [-0.4, -0.2) is 60.0 Å². The molecule has 0 bridgehead atoms. The van der Waals surface area contributed by atoms with Gasteiger partial charge in [-0.05, 0) is 31.9 Å². The molecule has 2 saturated heterocycles. The largest absolute Gasteiger partial charge is 0.356 e. The highest BCUT2D eigenvalue weighted by molar-refractivity contribution is 5.94. The summed E-state index contributed by atoms with van der Waals surface area (Å²) in [7, 11) is 0. The molecule has 26 heavy (non-hydrogen) atoms. The predicted molar refractivity (Wildman–Crippen MR) is 103 cm³/mol. The summed E-state index contributed by atoms with van der Waals surface area (Å²) in [5.41, 5.74) is 1.94. The minimum absolute atomic E-state index is 0.116. The van der Waals surface area contributed by atoms with Gasteiger partial charge in [0.05, 0.1) is 0 Å². The fourth-order valence-electron chi connectivity index (χ4n) is 3.65. The molecular formula is C20H25N5O. The summed E-state index contributed by atoms with van der Waals surface area (Å²) in [4.78, 5) is 28.1. The smallest absolute Gasteiger partial charge is 0.253 e. The Kier molecular flexibility index (Phi) is 4.73. The number of carbonyl (C=O) groups excluding carboxylic acids is 1. The summed E-state index contributed by atoms with van der Waals surface area (Å²) >= 11 is 0. The van der Waals surface area contributed by atoms with Crippen molar-refractivity contribution < 1.29 is 4.79 Å². The van der Waals surface area contributed by atoms with Crippen molar-refractivity contribution in [1.82, 2.24) is 14.9 Å². The minimum atomic E-state index is 0.116. The highest BCUT2D eigenvalue weighted by atomic mass is 16.2. The van der Waals surface area contributed by atoms with Crippen LogP contribution in [0.25, 0.3) is 0 Å². The predicted octanol–water partition coefficient (Wildman–Crippen LogP) is 2.35. The normalized spacial score (nSPS) is 17.7. The third-order valence-corrected chi connectivity index (χ3v) is 5.26. The fourth-order valence-corrected chi connectivity index (χ4v) is 3.65. The molecule has 2 aliphatic rings. The molecule has 6 nitrogen and oxygen atoms in total. The van der Waals surface area contributed by atoms with Crippen molar-refractivity contribution in [2.24, 2.45) is 0 Å². The molecule has 1 aromatic heterocycles. The van der Waals surface area contributed by atoms with Gasteiger partial charge >= 0.3 is 0 Å². The number of hydrogen-bond donors (Lipinski definition) is 0. The Morgan fingerprint density at radius 2 is 1.42 bits per heavy atom. The number of amides is 1. The Balaban J connectivity index is 1.39. The summed E-state index contributed by atoms with van der Waals surface area (Å²) < 4.78 is 0. The van der Waals surface area contributed by atoms with Crippen LogP contribution in [0.15, 0.2) is 36.7 Å². The highest BCUT2D eigenvalue weighted by Crippen LogP contribution is 2.22. The van der Waals surface area contributed by atoms with E-state index in [-0.39, 0.29) is 5.91 Å². The van der Waals surface area contributed by atoms with E-state index in [1.807, 2.05) is 36.1 Å². The van der Waals surface area contributed by atoms with Crippen LogP contribution in [0.4, 0.5) is 11.6 Å². The molecule has 0 atom stereocenters. The molecule has 0 radical (unpaired) electrons. The molecule has 136 valence electrons. The van der Waals surface area contributed by atoms with Gasteiger partial charge in [0, 0.05) is 50.9 Å². The Morgan fingerprint density at radius 3 is 2.04 bits per heavy atom. The SMILES string of the molecule is Cc1ccc(C(=O)N2CCN(c3cc(N4CCCC4)ncn3)CC2)cc1. The lowest BCUT2D eigenvalue weighted by molar-refractivity contribution is 0.0746. The lowest BCUT2D eigenvalue weighted by Crippen LogP contribution is -2.49. The van der Waals surface area contributed by atoms with Gasteiger partial charge < -0.3 is 14.7 Å². The molecule has 0 saturated carbocycles. The van der Waals surface area contributed by atoms with Gasteiger partial charge in [0.15, 0.2) is 0 Å². The van der Waals surface area contributed by atoms with Crippen molar-refractivity contribution in [3.05, 3.63) is 47.8 Å². The lowest BCUT2D eigenvalue weighted by Gasteiger charge is -2.35. The first-order chi connectivity index (χ1) is 12.7. The van der Waals surface area contributed by atoms with E-state index >= 15 is 0 Å². The van der Waals surface area contributed by atoms with E-state index in [4.69, 9.17) is 0 Å². The van der Waals surface area contributed by atoms with Gasteiger partial charge in [0.1, 0.15) is 18.0 Å². The maximum Gasteiger partial charge on any atom is 0.253 e. The first-order valence-corrected chi connectivity index (χ1v) is 9.38. The van der Waals surface area contributed by atoms with Gasteiger partial charge in [0.25, 0.3) is 5.91 Å². The molecule has 6 heteroatoms. The van der Waals surface area contributed by atoms with Crippen molar-refractivity contribution >= 4 is 17.5 Å². The topological polar surface area (TPSA) is 52.6 Å². The van der Waals surface area contributed by atoms with E-state index in [1.165, 1.54) is 18.4 Å². The van der Waals surface area contributed by atoms with E-state index in [0.717, 1.165) is 56.5 Å². The number of piperazine rings is 1. The Hall–Kier alpha value is -2.63. The van der Waals surface area contributed by atoms with E-state index in [2.05, 4.69) is 25.8 Å². The minimum Gasteiger partial charge on any atom is -0.356 e. The highest BCUT2D eigenvalue weighted by Gasteiger charge is 2.23. The van der Waals surface area contributed by atoms with Gasteiger partial charge in [0.2, 0.25) is 0 Å². The van der Waals surface area contributed by atoms with Crippen LogP contribution in [-0.2, 0) is 0 Å². The second kappa shape index (κ2) is 7.32. The van der Waals surface area contributed by atoms with Crippen LogP contribution in [0.1, 0.15) is 28.8 Å². The van der Waals surface area contributed by atoms with Crippen LogP contribution < -0.4 is 9.80 Å². The zero-order valence-electron chi connectivity index (χ0n) is 15.3. The van der Waals surface area contributed by atoms with Crippen molar-refractivity contribution in [1.29, 1.82) is 0 Å². The van der Waals surface area contributed by atoms with E-state index in [1.54, 1.807) is 6.33 Å². The third-order valence-electron chi connectivity index (χ3n) is 5.26. The molecule has 0 spiro atoms. The van der Waals surface area contributed by atoms with Gasteiger partial charge in [-0.1, -0.05) is 17.7 Å². The molecule has 1 aromatic carbocycles. The van der Waals surface area contributed by atoms with Crippen molar-refractivity contribution in [2.75, 3.05) is 49.1 Å². The van der Waals surface area contributed by atoms with Crippen LogP contribution in [0.3, 0.4) is 0 Å². The number of anilines is 2. The molecule has 3 heterocycles. The first-order valence-electron chi connectivity index (χ1n) is 9.38. The van der Waals surface area contributed by atoms with E-state index in [0.29, 0.717) is 0 Å². The monoisotopic (exact) mass is 351 g/mol. The Bertz CT molecular complexity index is 762. The Labute approximate surface area is 154 Å². The summed E-state index contributed by atoms with van der Waals surface area (Å²) in [5, 5.41) is 0. The molecule has 2 aromatic rings. The number of aromatic nitrogens is 2. The maximum atomic E-state index is 12.7. The van der Waals surface area contributed by atoms with Crippen molar-refractivity contribution in [3.63, 3.8) is 0 Å². The van der Waals surface area contributed by atoms with E-state index in [9.17, 15) is 4.79 Å². The molecule has 2 aliphatic heterocycles. The Morgan fingerprint density at radius 1 is 0.846 bits per heavy atom. The van der Waals surface area contributed by atoms with Gasteiger partial charge in [-0.2, -0.15) is 0 Å². The average Bonchev–Trinajstić information content (AvgIpc) is 3.23. The van der Waals surface area contributed by atoms with E-state index < -0.39 is 0 Å². The summed E-state index contributed by atoms with van der Waals surface area (Å²) in [6.07, 6.45) is 4.13. The van der Waals surface area contributed by atoms with Crippen LogP contribution in [0.5, 0.6) is 0 Å². The van der Waals surface area contributed by atoms with Gasteiger partial charge in [-0.3, -0.25) is 4.79 Å². The number of aryl methyl sites for hydroxylation is 1. The van der Waals surface area contributed by atoms with Crippen molar-refractivity contribution in [3.8, 4) is 0 Å². The number of carbonyl (C=O) groups is 1. The maximum absolute atomic E-state index is 12.7. The number of rotatable bonds is 3. The molecule has 0 aliphatic carbocycles.